The highest BCUT2D eigenvalue weighted by atomic mass is 79.9. The van der Waals surface area contributed by atoms with E-state index in [1.807, 2.05) is 18.7 Å². The Kier molecular flexibility index (Phi) is 4.56. The van der Waals surface area contributed by atoms with Gasteiger partial charge in [0.15, 0.2) is 0 Å². The molecule has 0 saturated carbocycles. The highest BCUT2D eigenvalue weighted by Crippen LogP contribution is 2.31. The second kappa shape index (κ2) is 5.73. The quantitative estimate of drug-likeness (QED) is 0.808. The molecule has 1 aliphatic rings. The first-order chi connectivity index (χ1) is 9.29. The van der Waals surface area contributed by atoms with Crippen molar-refractivity contribution < 1.29 is 8.42 Å². The lowest BCUT2D eigenvalue weighted by atomic mass is 10.0. The largest absolute Gasteiger partial charge is 0.283 e. The molecule has 0 aliphatic carbocycles. The van der Waals surface area contributed by atoms with Gasteiger partial charge in [0.1, 0.15) is 9.75 Å². The van der Waals surface area contributed by atoms with Crippen LogP contribution in [0.15, 0.2) is 20.1 Å². The first kappa shape index (κ1) is 15.9. The number of nitrogens with zero attached hydrogens (tertiary/aromatic N) is 3. The molecule has 110 valence electrons. The molecular formula is C12H16BrN3O2S2. The second-order valence-corrected chi connectivity index (χ2v) is 9.02. The molecule has 2 heterocycles. The number of sulfonamides is 1. The summed E-state index contributed by atoms with van der Waals surface area (Å²) >= 11 is 4.49. The summed E-state index contributed by atoms with van der Waals surface area (Å²) in [5, 5.41) is 10.9. The minimum atomic E-state index is -3.43. The van der Waals surface area contributed by atoms with Crippen molar-refractivity contribution in [1.82, 2.24) is 9.21 Å². The summed E-state index contributed by atoms with van der Waals surface area (Å²) in [5.41, 5.74) is -0.556. The Balaban J connectivity index is 2.12. The van der Waals surface area contributed by atoms with E-state index in [1.165, 1.54) is 15.6 Å². The van der Waals surface area contributed by atoms with Crippen LogP contribution < -0.4 is 0 Å². The molecular weight excluding hydrogens is 362 g/mol. The van der Waals surface area contributed by atoms with Gasteiger partial charge in [0.05, 0.1) is 6.07 Å². The predicted octanol–water partition coefficient (Wildman–Crippen LogP) is 2.12. The van der Waals surface area contributed by atoms with Crippen molar-refractivity contribution in [2.45, 2.75) is 23.6 Å². The van der Waals surface area contributed by atoms with Gasteiger partial charge in [-0.1, -0.05) is 0 Å². The van der Waals surface area contributed by atoms with E-state index < -0.39 is 15.6 Å². The third-order valence-electron chi connectivity index (χ3n) is 3.46. The fourth-order valence-electron chi connectivity index (χ4n) is 2.14. The molecule has 0 aromatic carbocycles. The lowest BCUT2D eigenvalue weighted by Gasteiger charge is -2.39. The van der Waals surface area contributed by atoms with Gasteiger partial charge in [-0.3, -0.25) is 4.90 Å². The van der Waals surface area contributed by atoms with Crippen LogP contribution in [-0.2, 0) is 10.0 Å². The minimum Gasteiger partial charge on any atom is -0.283 e. The number of halogens is 1. The Morgan fingerprint density at radius 1 is 1.35 bits per heavy atom. The molecule has 2 rings (SSSR count). The molecule has 5 nitrogen and oxygen atoms in total. The van der Waals surface area contributed by atoms with E-state index in [1.54, 1.807) is 11.4 Å². The van der Waals surface area contributed by atoms with Gasteiger partial charge >= 0.3 is 0 Å². The van der Waals surface area contributed by atoms with E-state index in [-0.39, 0.29) is 0 Å². The summed E-state index contributed by atoms with van der Waals surface area (Å²) in [6, 6.07) is 4.00. The maximum Gasteiger partial charge on any atom is 0.253 e. The zero-order valence-electron chi connectivity index (χ0n) is 11.3. The highest BCUT2D eigenvalue weighted by molar-refractivity contribution is 9.10. The zero-order chi connectivity index (χ0) is 15.0. The van der Waals surface area contributed by atoms with Crippen molar-refractivity contribution in [3.05, 3.63) is 15.9 Å². The summed E-state index contributed by atoms with van der Waals surface area (Å²) in [6.07, 6.45) is 0. The lowest BCUT2D eigenvalue weighted by molar-refractivity contribution is 0.115. The normalized spacial score (nSPS) is 18.9. The molecule has 1 aromatic rings. The molecule has 0 amide bonds. The minimum absolute atomic E-state index is 0.352. The van der Waals surface area contributed by atoms with E-state index >= 15 is 0 Å². The third-order valence-corrected chi connectivity index (χ3v) is 8.01. The predicted molar refractivity (Wildman–Crippen MR) is 82.0 cm³/mol. The van der Waals surface area contributed by atoms with Gasteiger partial charge in [-0.15, -0.1) is 11.3 Å². The molecule has 1 fully saturated rings. The topological polar surface area (TPSA) is 64.4 Å². The molecule has 1 saturated heterocycles. The number of rotatable bonds is 3. The SMILES string of the molecule is CC(C)(C#N)N1CCN(S(=O)(=O)c2sccc2Br)CC1. The van der Waals surface area contributed by atoms with Crippen LogP contribution in [0.3, 0.4) is 0 Å². The van der Waals surface area contributed by atoms with Gasteiger partial charge in [-0.05, 0) is 41.2 Å². The smallest absolute Gasteiger partial charge is 0.253 e. The van der Waals surface area contributed by atoms with E-state index in [0.29, 0.717) is 34.9 Å². The molecule has 0 bridgehead atoms. The van der Waals surface area contributed by atoms with Crippen molar-refractivity contribution >= 4 is 37.3 Å². The summed E-state index contributed by atoms with van der Waals surface area (Å²) in [5.74, 6) is 0. The molecule has 1 aliphatic heterocycles. The fourth-order valence-corrected chi connectivity index (χ4v) is 6.01. The molecule has 0 N–H and O–H groups in total. The molecule has 0 unspecified atom stereocenters. The number of nitriles is 1. The van der Waals surface area contributed by atoms with E-state index in [0.717, 1.165) is 0 Å². The van der Waals surface area contributed by atoms with Crippen LogP contribution >= 0.6 is 27.3 Å². The fraction of sp³-hybridized carbons (Fsp3) is 0.583. The average Bonchev–Trinajstić information content (AvgIpc) is 2.86. The van der Waals surface area contributed by atoms with Gasteiger partial charge in [-0.25, -0.2) is 8.42 Å². The Bertz CT molecular complexity index is 625. The maximum absolute atomic E-state index is 12.5. The van der Waals surface area contributed by atoms with Crippen LogP contribution in [0, 0.1) is 11.3 Å². The molecule has 0 radical (unpaired) electrons. The van der Waals surface area contributed by atoms with Crippen LogP contribution in [0.1, 0.15) is 13.8 Å². The Morgan fingerprint density at radius 2 is 1.95 bits per heavy atom. The van der Waals surface area contributed by atoms with Crippen LogP contribution in [0.2, 0.25) is 0 Å². The number of hydrogen-bond acceptors (Lipinski definition) is 5. The van der Waals surface area contributed by atoms with Gasteiger partial charge in [0.25, 0.3) is 10.0 Å². The van der Waals surface area contributed by atoms with E-state index in [9.17, 15) is 8.42 Å². The van der Waals surface area contributed by atoms with Crippen LogP contribution in [0.5, 0.6) is 0 Å². The zero-order valence-corrected chi connectivity index (χ0v) is 14.6. The summed E-state index contributed by atoms with van der Waals surface area (Å²) in [7, 11) is -3.43. The van der Waals surface area contributed by atoms with Crippen molar-refractivity contribution in [1.29, 1.82) is 5.26 Å². The molecule has 1 aromatic heterocycles. The van der Waals surface area contributed by atoms with Crippen molar-refractivity contribution in [2.24, 2.45) is 0 Å². The summed E-state index contributed by atoms with van der Waals surface area (Å²) < 4.78 is 27.5. The Labute approximate surface area is 132 Å². The van der Waals surface area contributed by atoms with Gasteiger partial charge in [0.2, 0.25) is 0 Å². The number of hydrogen-bond donors (Lipinski definition) is 0. The average molecular weight is 378 g/mol. The first-order valence-corrected chi connectivity index (χ1v) is 9.30. The van der Waals surface area contributed by atoms with Crippen molar-refractivity contribution in [3.63, 3.8) is 0 Å². The summed E-state index contributed by atoms with van der Waals surface area (Å²) in [4.78, 5) is 2.02. The standard InChI is InChI=1S/C12H16BrN3O2S2/c1-12(2,9-14)15-4-6-16(7-5-15)20(17,18)11-10(13)3-8-19-11/h3,8H,4-7H2,1-2H3. The van der Waals surface area contributed by atoms with Crippen LogP contribution in [0.4, 0.5) is 0 Å². The lowest BCUT2D eigenvalue weighted by Crippen LogP contribution is -2.55. The van der Waals surface area contributed by atoms with Crippen LogP contribution in [-0.4, -0.2) is 49.3 Å². The highest BCUT2D eigenvalue weighted by Gasteiger charge is 2.35. The van der Waals surface area contributed by atoms with Crippen molar-refractivity contribution in [3.8, 4) is 6.07 Å². The van der Waals surface area contributed by atoms with Gasteiger partial charge < -0.3 is 0 Å². The molecule has 20 heavy (non-hydrogen) atoms. The monoisotopic (exact) mass is 377 g/mol. The number of thiophene rings is 1. The Hall–Kier alpha value is -0.460. The third kappa shape index (κ3) is 2.92. The van der Waals surface area contributed by atoms with Gasteiger partial charge in [0, 0.05) is 30.7 Å². The number of piperazine rings is 1. The van der Waals surface area contributed by atoms with Crippen molar-refractivity contribution in [2.75, 3.05) is 26.2 Å². The first-order valence-electron chi connectivity index (χ1n) is 6.18. The van der Waals surface area contributed by atoms with E-state index in [2.05, 4.69) is 22.0 Å². The maximum atomic E-state index is 12.5. The van der Waals surface area contributed by atoms with Gasteiger partial charge in [-0.2, -0.15) is 9.57 Å². The molecule has 8 heteroatoms. The van der Waals surface area contributed by atoms with E-state index in [4.69, 9.17) is 5.26 Å². The summed E-state index contributed by atoms with van der Waals surface area (Å²) in [6.45, 7) is 5.68. The van der Waals surface area contributed by atoms with Crippen LogP contribution in [0.25, 0.3) is 0 Å². The molecule has 0 atom stereocenters. The second-order valence-electron chi connectivity index (χ2n) is 5.12. The molecule has 0 spiro atoms. The Morgan fingerprint density at radius 3 is 2.40 bits per heavy atom.